The first-order valence-corrected chi connectivity index (χ1v) is 5.96. The standard InChI is InChI=1S/C14H17FN2/c1-2-9-17-10-7-12(8-11-17)16-14-6-4-3-5-13(14)15/h1,3-6,12,16H,7-11H2. The van der Waals surface area contributed by atoms with Gasteiger partial charge in [0.05, 0.1) is 12.2 Å². The molecule has 3 heteroatoms. The predicted octanol–water partition coefficient (Wildman–Crippen LogP) is 2.34. The van der Waals surface area contributed by atoms with Crippen LogP contribution in [0.4, 0.5) is 10.1 Å². The van der Waals surface area contributed by atoms with Crippen molar-refractivity contribution in [1.82, 2.24) is 4.90 Å². The molecule has 1 aliphatic rings. The van der Waals surface area contributed by atoms with Crippen molar-refractivity contribution in [2.24, 2.45) is 0 Å². The Morgan fingerprint density at radius 2 is 2.06 bits per heavy atom. The Bertz CT molecular complexity index is 403. The van der Waals surface area contributed by atoms with E-state index >= 15 is 0 Å². The molecule has 0 amide bonds. The van der Waals surface area contributed by atoms with Crippen molar-refractivity contribution in [1.29, 1.82) is 0 Å². The van der Waals surface area contributed by atoms with E-state index in [1.165, 1.54) is 6.07 Å². The number of nitrogens with zero attached hydrogens (tertiary/aromatic N) is 1. The minimum absolute atomic E-state index is 0.182. The average Bonchev–Trinajstić information content (AvgIpc) is 2.35. The van der Waals surface area contributed by atoms with E-state index in [4.69, 9.17) is 6.42 Å². The SMILES string of the molecule is C#CCN1CCC(Nc2ccccc2F)CC1. The summed E-state index contributed by atoms with van der Waals surface area (Å²) in [4.78, 5) is 2.25. The third-order valence-electron chi connectivity index (χ3n) is 3.14. The lowest BCUT2D eigenvalue weighted by Crippen LogP contribution is -2.39. The molecule has 1 heterocycles. The smallest absolute Gasteiger partial charge is 0.146 e. The second-order valence-electron chi connectivity index (χ2n) is 4.38. The van der Waals surface area contributed by atoms with E-state index in [1.54, 1.807) is 12.1 Å². The first-order valence-electron chi connectivity index (χ1n) is 5.96. The normalized spacial score (nSPS) is 17.6. The molecular formula is C14H17FN2. The fraction of sp³-hybridized carbons (Fsp3) is 0.429. The van der Waals surface area contributed by atoms with Gasteiger partial charge >= 0.3 is 0 Å². The number of hydrogen-bond acceptors (Lipinski definition) is 2. The van der Waals surface area contributed by atoms with E-state index in [0.29, 0.717) is 18.3 Å². The molecule has 1 saturated heterocycles. The van der Waals surface area contributed by atoms with Crippen LogP contribution in [-0.4, -0.2) is 30.6 Å². The average molecular weight is 232 g/mol. The maximum atomic E-state index is 13.4. The topological polar surface area (TPSA) is 15.3 Å². The molecule has 17 heavy (non-hydrogen) atoms. The molecule has 1 fully saturated rings. The number of para-hydroxylation sites is 1. The summed E-state index contributed by atoms with van der Waals surface area (Å²) >= 11 is 0. The van der Waals surface area contributed by atoms with Crippen LogP contribution in [0, 0.1) is 18.2 Å². The van der Waals surface area contributed by atoms with Crippen molar-refractivity contribution in [2.75, 3.05) is 25.0 Å². The maximum absolute atomic E-state index is 13.4. The van der Waals surface area contributed by atoms with E-state index in [2.05, 4.69) is 16.1 Å². The molecule has 0 atom stereocenters. The zero-order chi connectivity index (χ0) is 12.1. The molecule has 0 saturated carbocycles. The van der Waals surface area contributed by atoms with Gasteiger partial charge in [-0.1, -0.05) is 18.1 Å². The second-order valence-corrected chi connectivity index (χ2v) is 4.38. The van der Waals surface area contributed by atoms with Crippen molar-refractivity contribution in [3.63, 3.8) is 0 Å². The molecule has 1 aromatic carbocycles. The number of piperidine rings is 1. The molecular weight excluding hydrogens is 215 g/mol. The molecule has 1 N–H and O–H groups in total. The second kappa shape index (κ2) is 5.70. The number of anilines is 1. The highest BCUT2D eigenvalue weighted by Crippen LogP contribution is 2.18. The molecule has 0 unspecified atom stereocenters. The van der Waals surface area contributed by atoms with Gasteiger partial charge in [0.15, 0.2) is 0 Å². The molecule has 0 bridgehead atoms. The number of rotatable bonds is 3. The van der Waals surface area contributed by atoms with E-state index in [1.807, 2.05) is 6.07 Å². The van der Waals surface area contributed by atoms with Crippen LogP contribution in [0.5, 0.6) is 0 Å². The highest BCUT2D eigenvalue weighted by Gasteiger charge is 2.18. The molecule has 0 radical (unpaired) electrons. The van der Waals surface area contributed by atoms with Crippen LogP contribution in [0.3, 0.4) is 0 Å². The summed E-state index contributed by atoms with van der Waals surface area (Å²) in [5, 5.41) is 3.26. The van der Waals surface area contributed by atoms with Crippen LogP contribution in [0.15, 0.2) is 24.3 Å². The zero-order valence-electron chi connectivity index (χ0n) is 9.82. The molecule has 1 aliphatic heterocycles. The van der Waals surface area contributed by atoms with Crippen LogP contribution in [0.2, 0.25) is 0 Å². The third kappa shape index (κ3) is 3.21. The Morgan fingerprint density at radius 1 is 1.35 bits per heavy atom. The Labute approximate surface area is 102 Å². The van der Waals surface area contributed by atoms with Crippen molar-refractivity contribution < 1.29 is 4.39 Å². The summed E-state index contributed by atoms with van der Waals surface area (Å²) in [7, 11) is 0. The predicted molar refractivity (Wildman–Crippen MR) is 68.3 cm³/mol. The summed E-state index contributed by atoms with van der Waals surface area (Å²) in [6, 6.07) is 7.16. The number of hydrogen-bond donors (Lipinski definition) is 1. The first kappa shape index (κ1) is 11.9. The molecule has 0 aromatic heterocycles. The molecule has 0 spiro atoms. The van der Waals surface area contributed by atoms with Crippen molar-refractivity contribution in [3.8, 4) is 12.3 Å². The fourth-order valence-corrected chi connectivity index (χ4v) is 2.16. The highest BCUT2D eigenvalue weighted by atomic mass is 19.1. The Hall–Kier alpha value is -1.53. The molecule has 0 aliphatic carbocycles. The van der Waals surface area contributed by atoms with Gasteiger partial charge in [-0.05, 0) is 25.0 Å². The van der Waals surface area contributed by atoms with Gasteiger partial charge in [0.1, 0.15) is 5.82 Å². The summed E-state index contributed by atoms with van der Waals surface area (Å²) in [6.07, 6.45) is 7.30. The van der Waals surface area contributed by atoms with Crippen molar-refractivity contribution >= 4 is 5.69 Å². The number of likely N-dealkylation sites (tertiary alicyclic amines) is 1. The summed E-state index contributed by atoms with van der Waals surface area (Å²) < 4.78 is 13.4. The lowest BCUT2D eigenvalue weighted by atomic mass is 10.0. The molecule has 2 rings (SSSR count). The van der Waals surface area contributed by atoms with Gasteiger partial charge in [-0.15, -0.1) is 6.42 Å². The van der Waals surface area contributed by atoms with Gasteiger partial charge < -0.3 is 5.32 Å². The quantitative estimate of drug-likeness (QED) is 0.805. The summed E-state index contributed by atoms with van der Waals surface area (Å²) in [6.45, 7) is 2.68. The maximum Gasteiger partial charge on any atom is 0.146 e. The van der Waals surface area contributed by atoms with Gasteiger partial charge in [0.25, 0.3) is 0 Å². The number of benzene rings is 1. The van der Waals surface area contributed by atoms with Crippen LogP contribution < -0.4 is 5.32 Å². The number of nitrogens with one attached hydrogen (secondary N) is 1. The van der Waals surface area contributed by atoms with Crippen LogP contribution >= 0.6 is 0 Å². The van der Waals surface area contributed by atoms with E-state index in [-0.39, 0.29) is 5.82 Å². The zero-order valence-corrected chi connectivity index (χ0v) is 9.82. The number of halogens is 1. The van der Waals surface area contributed by atoms with Crippen LogP contribution in [-0.2, 0) is 0 Å². The molecule has 2 nitrogen and oxygen atoms in total. The molecule has 90 valence electrons. The van der Waals surface area contributed by atoms with E-state index in [9.17, 15) is 4.39 Å². The number of terminal acetylenes is 1. The minimum Gasteiger partial charge on any atom is -0.380 e. The van der Waals surface area contributed by atoms with Gasteiger partial charge in [0.2, 0.25) is 0 Å². The first-order chi connectivity index (χ1) is 8.29. The van der Waals surface area contributed by atoms with Gasteiger partial charge in [-0.25, -0.2) is 4.39 Å². The molecule has 1 aromatic rings. The third-order valence-corrected chi connectivity index (χ3v) is 3.14. The highest BCUT2D eigenvalue weighted by molar-refractivity contribution is 5.45. The lowest BCUT2D eigenvalue weighted by Gasteiger charge is -2.31. The van der Waals surface area contributed by atoms with Crippen molar-refractivity contribution in [3.05, 3.63) is 30.1 Å². The fourth-order valence-electron chi connectivity index (χ4n) is 2.16. The van der Waals surface area contributed by atoms with Crippen LogP contribution in [0.1, 0.15) is 12.8 Å². The van der Waals surface area contributed by atoms with Gasteiger partial charge in [0, 0.05) is 19.1 Å². The van der Waals surface area contributed by atoms with Crippen molar-refractivity contribution in [2.45, 2.75) is 18.9 Å². The Kier molecular flexibility index (Phi) is 4.00. The van der Waals surface area contributed by atoms with Gasteiger partial charge in [-0.3, -0.25) is 4.90 Å². The summed E-state index contributed by atoms with van der Waals surface area (Å²) in [5.41, 5.74) is 0.600. The lowest BCUT2D eigenvalue weighted by molar-refractivity contribution is 0.243. The largest absolute Gasteiger partial charge is 0.380 e. The summed E-state index contributed by atoms with van der Waals surface area (Å²) in [5.74, 6) is 2.47. The van der Waals surface area contributed by atoms with Gasteiger partial charge in [-0.2, -0.15) is 0 Å². The Morgan fingerprint density at radius 3 is 2.71 bits per heavy atom. The Balaban J connectivity index is 1.86. The van der Waals surface area contributed by atoms with E-state index < -0.39 is 0 Å². The monoisotopic (exact) mass is 232 g/mol. The van der Waals surface area contributed by atoms with Crippen LogP contribution in [0.25, 0.3) is 0 Å². The minimum atomic E-state index is -0.182. The van der Waals surface area contributed by atoms with E-state index in [0.717, 1.165) is 25.9 Å².